The molecule has 0 saturated carbocycles. The largest absolute Gasteiger partial charge is 0.317 e. The lowest BCUT2D eigenvalue weighted by atomic mass is 10.6. The lowest BCUT2D eigenvalue weighted by Gasteiger charge is -1.91. The number of aliphatic imine (C=N–C) groups is 1. The van der Waals surface area contributed by atoms with Crippen LogP contribution in [0.5, 0.6) is 0 Å². The highest BCUT2D eigenvalue weighted by atomic mass is 16.1. The summed E-state index contributed by atoms with van der Waals surface area (Å²) in [5, 5.41) is 14.0. The number of nitrogens with one attached hydrogen (secondary N) is 1. The first-order valence-corrected chi connectivity index (χ1v) is 4.23. The van der Waals surface area contributed by atoms with Crippen LogP contribution >= 0.6 is 0 Å². The third-order valence-electron chi connectivity index (χ3n) is 1.61. The summed E-state index contributed by atoms with van der Waals surface area (Å²) < 4.78 is 1.47. The molecule has 0 aliphatic carbocycles. The van der Waals surface area contributed by atoms with E-state index in [4.69, 9.17) is 0 Å². The summed E-state index contributed by atoms with van der Waals surface area (Å²) in [6.07, 6.45) is 2.86. The summed E-state index contributed by atoms with van der Waals surface area (Å²) in [4.78, 5) is 14.5. The van der Waals surface area contributed by atoms with Gasteiger partial charge in [0.15, 0.2) is 5.65 Å². The molecule has 7 nitrogen and oxygen atoms in total. The first-order valence-electron chi connectivity index (χ1n) is 4.23. The number of fused-ring (bicyclic) bond motifs is 1. The van der Waals surface area contributed by atoms with Crippen molar-refractivity contribution in [3.8, 4) is 0 Å². The smallest absolute Gasteiger partial charge is 0.273 e. The molecular weight excluding hydrogens is 196 g/mol. The van der Waals surface area contributed by atoms with Crippen LogP contribution in [0.3, 0.4) is 0 Å². The quantitative estimate of drug-likeness (QED) is 0.547. The molecule has 0 radical (unpaired) electrons. The second-order valence-electron chi connectivity index (χ2n) is 2.75. The number of carbonyl (C=O) groups excluding carboxylic acids is 1. The van der Waals surface area contributed by atoms with Crippen LogP contribution in [0.4, 0.5) is 5.95 Å². The van der Waals surface area contributed by atoms with Gasteiger partial charge in [-0.25, -0.2) is 4.99 Å². The van der Waals surface area contributed by atoms with Gasteiger partial charge < -0.3 is 5.32 Å². The second-order valence-corrected chi connectivity index (χ2v) is 2.75. The average Bonchev–Trinajstić information content (AvgIpc) is 2.62. The molecule has 15 heavy (non-hydrogen) atoms. The minimum atomic E-state index is -0.194. The van der Waals surface area contributed by atoms with Gasteiger partial charge in [-0.05, 0) is 12.1 Å². The molecule has 0 spiro atoms. The Kier molecular flexibility index (Phi) is 2.36. The van der Waals surface area contributed by atoms with Gasteiger partial charge in [0.05, 0.1) is 6.34 Å². The fraction of sp³-hybridized carbons (Fsp3) is 0.125. The number of carbonyl (C=O) groups is 1. The van der Waals surface area contributed by atoms with Crippen LogP contribution in [0.2, 0.25) is 0 Å². The van der Waals surface area contributed by atoms with Crippen LogP contribution in [0.15, 0.2) is 23.3 Å². The molecule has 2 aromatic heterocycles. The van der Waals surface area contributed by atoms with E-state index < -0.39 is 0 Å². The molecule has 76 valence electrons. The Hall–Kier alpha value is -2.31. The third-order valence-corrected chi connectivity index (χ3v) is 1.61. The van der Waals surface area contributed by atoms with Gasteiger partial charge in [-0.1, -0.05) is 0 Å². The summed E-state index contributed by atoms with van der Waals surface area (Å²) in [7, 11) is 0. The van der Waals surface area contributed by atoms with E-state index in [9.17, 15) is 4.79 Å². The Bertz CT molecular complexity index is 517. The maximum atomic E-state index is 10.6. The average molecular weight is 204 g/mol. The molecule has 2 aromatic rings. The van der Waals surface area contributed by atoms with E-state index in [2.05, 4.69) is 25.6 Å². The summed E-state index contributed by atoms with van der Waals surface area (Å²) in [5.41, 5.74) is 0.604. The topological polar surface area (TPSA) is 84.5 Å². The Morgan fingerprint density at radius 3 is 3.27 bits per heavy atom. The zero-order valence-corrected chi connectivity index (χ0v) is 7.95. The SMILES string of the molecule is CC(=O)NC=Nc1nnc2cccnn12. The summed E-state index contributed by atoms with van der Waals surface area (Å²) in [6, 6.07) is 3.52. The molecule has 0 aliphatic rings. The fourth-order valence-electron chi connectivity index (χ4n) is 0.994. The summed E-state index contributed by atoms with van der Waals surface area (Å²) in [6.45, 7) is 1.40. The summed E-state index contributed by atoms with van der Waals surface area (Å²) in [5.74, 6) is 0.125. The van der Waals surface area contributed by atoms with Gasteiger partial charge in [0.2, 0.25) is 5.91 Å². The molecule has 2 rings (SSSR count). The Balaban J connectivity index is 2.28. The fourth-order valence-corrected chi connectivity index (χ4v) is 0.994. The van der Waals surface area contributed by atoms with Crippen molar-refractivity contribution in [2.75, 3.05) is 0 Å². The van der Waals surface area contributed by atoms with Crippen LogP contribution in [0, 0.1) is 0 Å². The van der Waals surface area contributed by atoms with Crippen molar-refractivity contribution in [3.63, 3.8) is 0 Å². The van der Waals surface area contributed by atoms with Crippen molar-refractivity contribution >= 4 is 23.8 Å². The normalized spacial score (nSPS) is 11.0. The van der Waals surface area contributed by atoms with Gasteiger partial charge in [0.25, 0.3) is 5.95 Å². The lowest BCUT2D eigenvalue weighted by molar-refractivity contribution is -0.117. The van der Waals surface area contributed by atoms with Crippen LogP contribution in [0.25, 0.3) is 5.65 Å². The highest BCUT2D eigenvalue weighted by Gasteiger charge is 2.01. The van der Waals surface area contributed by atoms with Crippen molar-refractivity contribution in [3.05, 3.63) is 18.3 Å². The molecular formula is C8H8N6O. The van der Waals surface area contributed by atoms with Gasteiger partial charge in [-0.15, -0.1) is 10.2 Å². The number of aromatic nitrogens is 4. The molecule has 0 bridgehead atoms. The van der Waals surface area contributed by atoms with Crippen molar-refractivity contribution in [2.45, 2.75) is 6.92 Å². The summed E-state index contributed by atoms with van der Waals surface area (Å²) >= 11 is 0. The molecule has 2 heterocycles. The molecule has 0 atom stereocenters. The van der Waals surface area contributed by atoms with Gasteiger partial charge >= 0.3 is 0 Å². The zero-order valence-electron chi connectivity index (χ0n) is 7.95. The Morgan fingerprint density at radius 1 is 1.60 bits per heavy atom. The minimum absolute atomic E-state index is 0.194. The van der Waals surface area contributed by atoms with Crippen molar-refractivity contribution < 1.29 is 4.79 Å². The Morgan fingerprint density at radius 2 is 2.47 bits per heavy atom. The Labute approximate surface area is 84.8 Å². The van der Waals surface area contributed by atoms with Gasteiger partial charge in [0, 0.05) is 13.1 Å². The minimum Gasteiger partial charge on any atom is -0.317 e. The number of nitrogens with zero attached hydrogens (tertiary/aromatic N) is 5. The van der Waals surface area contributed by atoms with E-state index in [-0.39, 0.29) is 5.91 Å². The zero-order chi connectivity index (χ0) is 10.7. The standard InChI is InChI=1S/C8H8N6O/c1-6(15)9-5-10-8-13-12-7-3-2-4-11-14(7)8/h2-5H,1H3,(H,9,10,13,15). The third kappa shape index (κ3) is 1.96. The van der Waals surface area contributed by atoms with E-state index in [1.54, 1.807) is 18.3 Å². The maximum absolute atomic E-state index is 10.6. The first kappa shape index (κ1) is 9.25. The predicted octanol–water partition coefficient (Wildman–Crippen LogP) is -0.0798. The monoisotopic (exact) mass is 204 g/mol. The van der Waals surface area contributed by atoms with Crippen LogP contribution in [0.1, 0.15) is 6.92 Å². The number of hydrogen-bond acceptors (Lipinski definition) is 5. The van der Waals surface area contributed by atoms with Crippen LogP contribution < -0.4 is 5.32 Å². The molecule has 1 N–H and O–H groups in total. The van der Waals surface area contributed by atoms with E-state index in [0.717, 1.165) is 0 Å². The molecule has 0 fully saturated rings. The van der Waals surface area contributed by atoms with E-state index in [1.807, 2.05) is 0 Å². The number of amides is 1. The van der Waals surface area contributed by atoms with E-state index >= 15 is 0 Å². The number of rotatable bonds is 2. The lowest BCUT2D eigenvalue weighted by Crippen LogP contribution is -2.16. The molecule has 1 amide bonds. The van der Waals surface area contributed by atoms with Crippen LogP contribution in [-0.4, -0.2) is 32.1 Å². The van der Waals surface area contributed by atoms with E-state index in [0.29, 0.717) is 11.6 Å². The molecule has 0 unspecified atom stereocenters. The van der Waals surface area contributed by atoms with Crippen molar-refractivity contribution in [1.82, 2.24) is 25.1 Å². The van der Waals surface area contributed by atoms with Crippen molar-refractivity contribution in [1.29, 1.82) is 0 Å². The number of hydrogen-bond donors (Lipinski definition) is 1. The molecule has 7 heteroatoms. The molecule has 0 aliphatic heterocycles. The van der Waals surface area contributed by atoms with Crippen molar-refractivity contribution in [2.24, 2.45) is 4.99 Å². The van der Waals surface area contributed by atoms with E-state index in [1.165, 1.54) is 17.8 Å². The first-order chi connectivity index (χ1) is 7.27. The maximum Gasteiger partial charge on any atom is 0.273 e. The van der Waals surface area contributed by atoms with Gasteiger partial charge in [-0.2, -0.15) is 9.61 Å². The van der Waals surface area contributed by atoms with Gasteiger partial charge in [-0.3, -0.25) is 4.79 Å². The van der Waals surface area contributed by atoms with Crippen LogP contribution in [-0.2, 0) is 4.79 Å². The second kappa shape index (κ2) is 3.82. The predicted molar refractivity (Wildman–Crippen MR) is 52.8 cm³/mol. The van der Waals surface area contributed by atoms with Gasteiger partial charge in [0.1, 0.15) is 0 Å². The molecule has 0 aromatic carbocycles. The molecule has 0 saturated heterocycles. The highest BCUT2D eigenvalue weighted by molar-refractivity contribution is 5.86. The highest BCUT2D eigenvalue weighted by Crippen LogP contribution is 2.07.